The fourth-order valence-electron chi connectivity index (χ4n) is 2.31. The Kier molecular flexibility index (Phi) is 2.78. The lowest BCUT2D eigenvalue weighted by Crippen LogP contribution is -2.04. The highest BCUT2D eigenvalue weighted by Crippen LogP contribution is 2.26. The molecule has 4 aromatic rings. The first-order valence-corrected chi connectivity index (χ1v) is 6.61. The normalized spacial score (nSPS) is 11.1. The van der Waals surface area contributed by atoms with Crippen molar-refractivity contribution in [3.63, 3.8) is 0 Å². The topological polar surface area (TPSA) is 109 Å². The highest BCUT2D eigenvalue weighted by atomic mass is 16.6. The molecule has 0 unspecified atom stereocenters. The van der Waals surface area contributed by atoms with Gasteiger partial charge in [-0.05, 0) is 34.1 Å². The quantitative estimate of drug-likeness (QED) is 0.609. The Bertz CT molecular complexity index is 929. The number of hydrogen-bond donors (Lipinski definition) is 1. The van der Waals surface area contributed by atoms with Gasteiger partial charge in [0.1, 0.15) is 5.52 Å². The summed E-state index contributed by atoms with van der Waals surface area (Å²) in [5.74, 6) is 0.763. The maximum absolute atomic E-state index is 5.80. The van der Waals surface area contributed by atoms with Gasteiger partial charge in [0.2, 0.25) is 0 Å². The molecule has 0 fully saturated rings. The zero-order valence-electron chi connectivity index (χ0n) is 11.4. The van der Waals surface area contributed by atoms with Crippen molar-refractivity contribution in [3.05, 3.63) is 48.4 Å². The SMILES string of the molecule is Nc1nonc1-c1nc2cccnc2n1Cc1cccnc1. The predicted octanol–water partition coefficient (Wildman–Crippen LogP) is 1.51. The van der Waals surface area contributed by atoms with Gasteiger partial charge in [-0.15, -0.1) is 0 Å². The Morgan fingerprint density at radius 3 is 2.82 bits per heavy atom. The maximum atomic E-state index is 5.80. The molecule has 0 radical (unpaired) electrons. The zero-order chi connectivity index (χ0) is 14.9. The van der Waals surface area contributed by atoms with E-state index in [0.29, 0.717) is 18.1 Å². The van der Waals surface area contributed by atoms with Crippen LogP contribution in [0.4, 0.5) is 5.82 Å². The van der Waals surface area contributed by atoms with Crippen LogP contribution in [-0.2, 0) is 6.54 Å². The molecule has 0 saturated carbocycles. The third kappa shape index (κ3) is 1.97. The van der Waals surface area contributed by atoms with Crippen molar-refractivity contribution >= 4 is 17.0 Å². The minimum absolute atomic E-state index is 0.197. The maximum Gasteiger partial charge on any atom is 0.199 e. The van der Waals surface area contributed by atoms with Gasteiger partial charge in [0.05, 0.1) is 6.54 Å². The highest BCUT2D eigenvalue weighted by Gasteiger charge is 2.19. The van der Waals surface area contributed by atoms with E-state index in [-0.39, 0.29) is 5.82 Å². The molecule has 0 aromatic carbocycles. The molecule has 4 heterocycles. The van der Waals surface area contributed by atoms with Crippen molar-refractivity contribution in [2.24, 2.45) is 0 Å². The Hall–Kier alpha value is -3.29. The van der Waals surface area contributed by atoms with Gasteiger partial charge in [0.15, 0.2) is 23.0 Å². The van der Waals surface area contributed by atoms with Crippen molar-refractivity contribution in [1.82, 2.24) is 29.8 Å². The van der Waals surface area contributed by atoms with E-state index >= 15 is 0 Å². The van der Waals surface area contributed by atoms with E-state index in [9.17, 15) is 0 Å². The van der Waals surface area contributed by atoms with Gasteiger partial charge in [0, 0.05) is 18.6 Å². The second kappa shape index (κ2) is 4.92. The molecule has 0 amide bonds. The molecule has 8 heteroatoms. The van der Waals surface area contributed by atoms with E-state index in [1.807, 2.05) is 28.8 Å². The second-order valence-corrected chi connectivity index (χ2v) is 4.73. The van der Waals surface area contributed by atoms with E-state index in [0.717, 1.165) is 16.7 Å². The molecule has 2 N–H and O–H groups in total. The van der Waals surface area contributed by atoms with Gasteiger partial charge in [-0.25, -0.2) is 14.6 Å². The Balaban J connectivity index is 1.93. The largest absolute Gasteiger partial charge is 0.379 e. The molecule has 0 spiro atoms. The first kappa shape index (κ1) is 12.5. The average molecular weight is 293 g/mol. The first-order valence-electron chi connectivity index (χ1n) is 6.61. The number of rotatable bonds is 3. The minimum Gasteiger partial charge on any atom is -0.379 e. The summed E-state index contributed by atoms with van der Waals surface area (Å²) >= 11 is 0. The molecule has 0 saturated heterocycles. The average Bonchev–Trinajstić information content (AvgIpc) is 3.12. The van der Waals surface area contributed by atoms with Gasteiger partial charge in [-0.1, -0.05) is 6.07 Å². The molecule has 0 aliphatic heterocycles. The molecule has 4 aromatic heterocycles. The molecule has 0 atom stereocenters. The highest BCUT2D eigenvalue weighted by molar-refractivity contribution is 5.78. The monoisotopic (exact) mass is 293 g/mol. The van der Waals surface area contributed by atoms with Crippen LogP contribution in [-0.4, -0.2) is 29.8 Å². The molecule has 0 aliphatic rings. The van der Waals surface area contributed by atoms with Crippen LogP contribution >= 0.6 is 0 Å². The lowest BCUT2D eigenvalue weighted by atomic mass is 10.3. The number of nitrogens with zero attached hydrogens (tertiary/aromatic N) is 6. The van der Waals surface area contributed by atoms with Crippen LogP contribution in [0, 0.1) is 0 Å². The summed E-state index contributed by atoms with van der Waals surface area (Å²) in [7, 11) is 0. The van der Waals surface area contributed by atoms with E-state index in [2.05, 4.69) is 29.9 Å². The van der Waals surface area contributed by atoms with E-state index in [1.54, 1.807) is 18.6 Å². The minimum atomic E-state index is 0.197. The number of imidazole rings is 1. The standard InChI is InChI=1S/C14H11N7O/c15-12-11(19-22-20-12)14-18-10-4-2-6-17-13(10)21(14)8-9-3-1-5-16-7-9/h1-7H,8H2,(H2,15,20). The fraction of sp³-hybridized carbons (Fsp3) is 0.0714. The van der Waals surface area contributed by atoms with Crippen LogP contribution in [0.5, 0.6) is 0 Å². The van der Waals surface area contributed by atoms with Crippen LogP contribution in [0.25, 0.3) is 22.7 Å². The number of anilines is 1. The fourth-order valence-corrected chi connectivity index (χ4v) is 2.31. The molecule has 0 bridgehead atoms. The van der Waals surface area contributed by atoms with Crippen molar-refractivity contribution in [3.8, 4) is 11.5 Å². The van der Waals surface area contributed by atoms with E-state index < -0.39 is 0 Å². The number of fused-ring (bicyclic) bond motifs is 1. The molecule has 8 nitrogen and oxygen atoms in total. The van der Waals surface area contributed by atoms with Gasteiger partial charge >= 0.3 is 0 Å². The van der Waals surface area contributed by atoms with Gasteiger partial charge < -0.3 is 10.3 Å². The lowest BCUT2D eigenvalue weighted by Gasteiger charge is -2.06. The van der Waals surface area contributed by atoms with Crippen LogP contribution in [0.15, 0.2) is 47.5 Å². The second-order valence-electron chi connectivity index (χ2n) is 4.73. The number of hydrogen-bond acceptors (Lipinski definition) is 7. The van der Waals surface area contributed by atoms with Gasteiger partial charge in [-0.3, -0.25) is 4.98 Å². The summed E-state index contributed by atoms with van der Waals surface area (Å²) in [6.45, 7) is 0.545. The number of nitrogen functional groups attached to an aromatic ring is 1. The molecule has 22 heavy (non-hydrogen) atoms. The molecule has 0 aliphatic carbocycles. The summed E-state index contributed by atoms with van der Waals surface area (Å²) in [4.78, 5) is 13.1. The molecule has 108 valence electrons. The summed E-state index contributed by atoms with van der Waals surface area (Å²) in [6, 6.07) is 7.58. The third-order valence-electron chi connectivity index (χ3n) is 3.29. The Morgan fingerprint density at radius 1 is 1.14 bits per heavy atom. The summed E-state index contributed by atoms with van der Waals surface area (Å²) in [5.41, 5.74) is 8.72. The van der Waals surface area contributed by atoms with Gasteiger partial charge in [-0.2, -0.15) is 0 Å². The summed E-state index contributed by atoms with van der Waals surface area (Å²) in [5, 5.41) is 7.46. The lowest BCUT2D eigenvalue weighted by molar-refractivity contribution is 0.310. The smallest absolute Gasteiger partial charge is 0.199 e. The van der Waals surface area contributed by atoms with Crippen molar-refractivity contribution in [2.75, 3.05) is 5.73 Å². The summed E-state index contributed by atoms with van der Waals surface area (Å²) in [6.07, 6.45) is 5.25. The Labute approximate surface area is 124 Å². The molecule has 4 rings (SSSR count). The first-order chi connectivity index (χ1) is 10.8. The number of aromatic nitrogens is 6. The zero-order valence-corrected chi connectivity index (χ0v) is 11.4. The number of nitrogens with two attached hydrogens (primary N) is 1. The van der Waals surface area contributed by atoms with E-state index in [4.69, 9.17) is 5.73 Å². The molecular weight excluding hydrogens is 282 g/mol. The Morgan fingerprint density at radius 2 is 2.05 bits per heavy atom. The predicted molar refractivity (Wildman–Crippen MR) is 78.6 cm³/mol. The van der Waals surface area contributed by atoms with Gasteiger partial charge in [0.25, 0.3) is 0 Å². The van der Waals surface area contributed by atoms with E-state index in [1.165, 1.54) is 0 Å². The van der Waals surface area contributed by atoms with Crippen molar-refractivity contribution < 1.29 is 4.63 Å². The van der Waals surface area contributed by atoms with Crippen LogP contribution < -0.4 is 5.73 Å². The van der Waals surface area contributed by atoms with Crippen LogP contribution in [0.3, 0.4) is 0 Å². The van der Waals surface area contributed by atoms with Crippen molar-refractivity contribution in [1.29, 1.82) is 0 Å². The van der Waals surface area contributed by atoms with Crippen LogP contribution in [0.1, 0.15) is 5.56 Å². The number of pyridine rings is 2. The van der Waals surface area contributed by atoms with Crippen molar-refractivity contribution in [2.45, 2.75) is 6.54 Å². The third-order valence-corrected chi connectivity index (χ3v) is 3.29. The summed E-state index contributed by atoms with van der Waals surface area (Å²) < 4.78 is 6.61. The van der Waals surface area contributed by atoms with Crippen LogP contribution in [0.2, 0.25) is 0 Å². The molecular formula is C14H11N7O.